The Morgan fingerprint density at radius 1 is 1.02 bits per heavy atom. The molecule has 7 nitrogen and oxygen atoms in total. The maximum absolute atomic E-state index is 11.7. The SMILES string of the molecule is CC(C)CCOc1cc(C[n+]2ccn(CCCC[C@@H]3SC[C@@H]4NC(=O)N[C@@H]43)c2)c(OCCC(C)C)c2ccccc12.[Br-]. The van der Waals surface area contributed by atoms with Crippen molar-refractivity contribution in [3.63, 3.8) is 0 Å². The molecule has 2 aromatic carbocycles. The van der Waals surface area contributed by atoms with Crippen LogP contribution in [0.25, 0.3) is 10.8 Å². The first-order valence-corrected chi connectivity index (χ1v) is 16.5. The van der Waals surface area contributed by atoms with Crippen molar-refractivity contribution in [1.82, 2.24) is 15.2 Å². The normalized spacial score (nSPS) is 19.6. The highest BCUT2D eigenvalue weighted by Crippen LogP contribution is 2.37. The summed E-state index contributed by atoms with van der Waals surface area (Å²) in [7, 11) is 0. The highest BCUT2D eigenvalue weighted by molar-refractivity contribution is 8.00. The summed E-state index contributed by atoms with van der Waals surface area (Å²) >= 11 is 1.99. The highest BCUT2D eigenvalue weighted by Gasteiger charge is 2.42. The number of nitrogens with zero attached hydrogens (tertiary/aromatic N) is 2. The maximum Gasteiger partial charge on any atom is 0.315 e. The average molecular weight is 660 g/mol. The quantitative estimate of drug-likeness (QED) is 0.150. The smallest absolute Gasteiger partial charge is 0.315 e. The second-order valence-electron chi connectivity index (χ2n) is 12.4. The number of hydrogen-bond donors (Lipinski definition) is 2. The Morgan fingerprint density at radius 2 is 1.76 bits per heavy atom. The summed E-state index contributed by atoms with van der Waals surface area (Å²) in [5, 5.41) is 8.90. The van der Waals surface area contributed by atoms with E-state index in [-0.39, 0.29) is 23.0 Å². The second kappa shape index (κ2) is 15.4. The number of halogens is 1. The Balaban J connectivity index is 0.00000405. The summed E-state index contributed by atoms with van der Waals surface area (Å²) < 4.78 is 17.4. The molecule has 0 aliphatic carbocycles. The monoisotopic (exact) mass is 658 g/mol. The van der Waals surface area contributed by atoms with Crippen LogP contribution in [-0.4, -0.2) is 46.9 Å². The van der Waals surface area contributed by atoms with Crippen LogP contribution in [0.2, 0.25) is 0 Å². The van der Waals surface area contributed by atoms with Crippen LogP contribution in [0.15, 0.2) is 49.1 Å². The molecule has 2 N–H and O–H groups in total. The highest BCUT2D eigenvalue weighted by atomic mass is 79.9. The first kappa shape index (κ1) is 32.5. The molecule has 2 amide bonds. The Hall–Kier alpha value is -2.39. The topological polar surface area (TPSA) is 68.4 Å². The molecule has 42 heavy (non-hydrogen) atoms. The predicted molar refractivity (Wildman–Crippen MR) is 167 cm³/mol. The molecule has 2 aliphatic heterocycles. The van der Waals surface area contributed by atoms with Crippen LogP contribution in [0.4, 0.5) is 4.79 Å². The predicted octanol–water partition coefficient (Wildman–Crippen LogP) is 3.17. The van der Waals surface area contributed by atoms with E-state index >= 15 is 0 Å². The lowest BCUT2D eigenvalue weighted by atomic mass is 10.0. The van der Waals surface area contributed by atoms with Crippen LogP contribution < -0.4 is 41.7 Å². The Morgan fingerprint density at radius 3 is 2.52 bits per heavy atom. The number of ether oxygens (including phenoxy) is 2. The Kier molecular flexibility index (Phi) is 11.9. The molecule has 2 aliphatic rings. The third-order valence-electron chi connectivity index (χ3n) is 8.12. The number of fused-ring (bicyclic) bond motifs is 2. The molecule has 2 saturated heterocycles. The number of aromatic nitrogens is 2. The molecule has 2 fully saturated rings. The lowest BCUT2D eigenvalue weighted by molar-refractivity contribution is -0.687. The third-order valence-corrected chi connectivity index (χ3v) is 9.63. The molecule has 3 heterocycles. The summed E-state index contributed by atoms with van der Waals surface area (Å²) in [5.41, 5.74) is 1.15. The van der Waals surface area contributed by atoms with E-state index in [1.807, 2.05) is 11.8 Å². The summed E-state index contributed by atoms with van der Waals surface area (Å²) in [6.45, 7) is 12.1. The van der Waals surface area contributed by atoms with E-state index in [4.69, 9.17) is 9.47 Å². The van der Waals surface area contributed by atoms with Gasteiger partial charge in [-0.2, -0.15) is 11.8 Å². The zero-order valence-corrected chi connectivity index (χ0v) is 27.9. The number of hydrogen-bond acceptors (Lipinski definition) is 4. The summed E-state index contributed by atoms with van der Waals surface area (Å²) in [6.07, 6.45) is 12.0. The first-order chi connectivity index (χ1) is 19.9. The van der Waals surface area contributed by atoms with Crippen LogP contribution >= 0.6 is 11.8 Å². The fourth-order valence-corrected chi connectivity index (χ4v) is 7.27. The molecule has 9 heteroatoms. The number of aryl methyl sites for hydroxylation is 1. The van der Waals surface area contributed by atoms with Crippen molar-refractivity contribution in [3.8, 4) is 11.5 Å². The molecule has 0 spiro atoms. The van der Waals surface area contributed by atoms with Gasteiger partial charge in [0.15, 0.2) is 0 Å². The largest absolute Gasteiger partial charge is 1.00 e. The minimum Gasteiger partial charge on any atom is -1.00 e. The molecular weight excluding hydrogens is 612 g/mol. The second-order valence-corrected chi connectivity index (χ2v) is 13.7. The molecule has 5 rings (SSSR count). The van der Waals surface area contributed by atoms with Crippen LogP contribution in [0.5, 0.6) is 11.5 Å². The van der Waals surface area contributed by atoms with Crippen molar-refractivity contribution in [1.29, 1.82) is 0 Å². The fourth-order valence-electron chi connectivity index (χ4n) is 5.72. The standard InChI is InChI=1S/C33H46N4O3S.BrH/c1-23(2)12-17-39-29-19-25(32(40-18-13-24(3)4)27-10-6-5-9-26(27)29)20-37-16-15-36(22-37)14-8-7-11-30-31-28(21-41-30)34-33(38)35-31;/h5-6,9-10,15-16,19,22-24,28,30-31H,7-8,11-14,17-18,20-21H2,1-4H3,(H-,34,35,38);1H/t28-,30-,31-;/m0./s1. The zero-order valence-electron chi connectivity index (χ0n) is 25.5. The number of carbonyl (C=O) groups is 1. The number of thioether (sulfide) groups is 1. The van der Waals surface area contributed by atoms with Gasteiger partial charge in [0, 0.05) is 27.3 Å². The Labute approximate surface area is 265 Å². The molecule has 0 saturated carbocycles. The average Bonchev–Trinajstić information content (AvgIpc) is 3.64. The van der Waals surface area contributed by atoms with Crippen molar-refractivity contribution < 1.29 is 35.8 Å². The van der Waals surface area contributed by atoms with Crippen LogP contribution in [0.1, 0.15) is 65.4 Å². The van der Waals surface area contributed by atoms with Crippen molar-refractivity contribution >= 4 is 28.6 Å². The van der Waals surface area contributed by atoms with Crippen molar-refractivity contribution in [2.24, 2.45) is 11.8 Å². The fraction of sp³-hybridized carbons (Fsp3) is 0.576. The lowest BCUT2D eigenvalue weighted by Gasteiger charge is -2.18. The minimum atomic E-state index is -0.00340. The van der Waals surface area contributed by atoms with Gasteiger partial charge in [-0.1, -0.05) is 52.0 Å². The van der Waals surface area contributed by atoms with Crippen LogP contribution in [0, 0.1) is 11.8 Å². The zero-order chi connectivity index (χ0) is 28.8. The number of amides is 2. The van der Waals surface area contributed by atoms with Gasteiger partial charge in [0.05, 0.1) is 31.8 Å². The van der Waals surface area contributed by atoms with Gasteiger partial charge in [-0.05, 0) is 50.0 Å². The summed E-state index contributed by atoms with van der Waals surface area (Å²) in [6, 6.07) is 11.3. The maximum atomic E-state index is 11.7. The van der Waals surface area contributed by atoms with Crippen LogP contribution in [-0.2, 0) is 13.1 Å². The first-order valence-electron chi connectivity index (χ1n) is 15.4. The molecule has 0 radical (unpaired) electrons. The molecule has 3 atom stereocenters. The van der Waals surface area contributed by atoms with Crippen LogP contribution in [0.3, 0.4) is 0 Å². The van der Waals surface area contributed by atoms with E-state index in [0.717, 1.165) is 78.8 Å². The molecule has 1 aromatic heterocycles. The van der Waals surface area contributed by atoms with Gasteiger partial charge in [-0.15, -0.1) is 0 Å². The van der Waals surface area contributed by atoms with E-state index in [1.165, 1.54) is 0 Å². The number of rotatable bonds is 15. The summed E-state index contributed by atoms with van der Waals surface area (Å²) in [4.78, 5) is 11.7. The number of urea groups is 1. The number of imidazole rings is 1. The number of carbonyl (C=O) groups excluding carboxylic acids is 1. The van der Waals surface area contributed by atoms with E-state index in [9.17, 15) is 4.79 Å². The van der Waals surface area contributed by atoms with Gasteiger partial charge < -0.3 is 37.1 Å². The minimum absolute atomic E-state index is 0. The van der Waals surface area contributed by atoms with Gasteiger partial charge in [0.25, 0.3) is 0 Å². The van der Waals surface area contributed by atoms with Gasteiger partial charge in [0.1, 0.15) is 30.4 Å². The van der Waals surface area contributed by atoms with Gasteiger partial charge in [0.2, 0.25) is 6.33 Å². The summed E-state index contributed by atoms with van der Waals surface area (Å²) in [5.74, 6) is 4.12. The van der Waals surface area contributed by atoms with E-state index in [0.29, 0.717) is 42.4 Å². The molecule has 0 unspecified atom stereocenters. The van der Waals surface area contributed by atoms with Crippen molar-refractivity contribution in [2.75, 3.05) is 19.0 Å². The number of benzene rings is 2. The van der Waals surface area contributed by atoms with Crippen molar-refractivity contribution in [3.05, 3.63) is 54.6 Å². The van der Waals surface area contributed by atoms with E-state index < -0.39 is 0 Å². The van der Waals surface area contributed by atoms with Gasteiger partial charge >= 0.3 is 6.03 Å². The molecule has 0 bridgehead atoms. The Bertz CT molecular complexity index is 1310. The van der Waals surface area contributed by atoms with Crippen molar-refractivity contribution in [2.45, 2.75) is 90.2 Å². The van der Waals surface area contributed by atoms with E-state index in [2.05, 4.69) is 96.5 Å². The van der Waals surface area contributed by atoms with Gasteiger partial charge in [-0.25, -0.2) is 13.9 Å². The molecular formula is C33H47BrN4O3S. The molecule has 230 valence electrons. The van der Waals surface area contributed by atoms with Gasteiger partial charge in [-0.3, -0.25) is 0 Å². The van der Waals surface area contributed by atoms with E-state index in [1.54, 1.807) is 0 Å². The molecule has 3 aromatic rings. The number of nitrogens with one attached hydrogen (secondary N) is 2. The lowest BCUT2D eigenvalue weighted by Crippen LogP contribution is -3.00. The third kappa shape index (κ3) is 8.37. The number of unbranched alkanes of at least 4 members (excludes halogenated alkanes) is 1.